The van der Waals surface area contributed by atoms with Crippen molar-refractivity contribution in [2.75, 3.05) is 13.2 Å². The van der Waals surface area contributed by atoms with Gasteiger partial charge in [0.1, 0.15) is 0 Å². The SMILES string of the molecule is C[C@@]12CCC3C(CC=C4CC5(CC[C@]43C)OCCO5)C1CCC2O. The molecule has 0 aromatic carbocycles. The molecule has 0 aromatic rings. The van der Waals surface area contributed by atoms with Gasteiger partial charge >= 0.3 is 0 Å². The summed E-state index contributed by atoms with van der Waals surface area (Å²) in [6.45, 7) is 6.40. The van der Waals surface area contributed by atoms with Crippen molar-refractivity contribution in [1.29, 1.82) is 0 Å². The first kappa shape index (κ1) is 15.8. The van der Waals surface area contributed by atoms with Crippen LogP contribution in [-0.4, -0.2) is 30.2 Å². The van der Waals surface area contributed by atoms with Crippen LogP contribution in [-0.2, 0) is 9.47 Å². The van der Waals surface area contributed by atoms with Crippen LogP contribution in [0.25, 0.3) is 0 Å². The molecule has 0 amide bonds. The van der Waals surface area contributed by atoms with Crippen LogP contribution in [0.4, 0.5) is 0 Å². The predicted octanol–water partition coefficient (Wildman–Crippen LogP) is 4.05. The van der Waals surface area contributed by atoms with E-state index in [0.29, 0.717) is 5.41 Å². The Morgan fingerprint density at radius 3 is 2.58 bits per heavy atom. The van der Waals surface area contributed by atoms with Gasteiger partial charge in [0, 0.05) is 12.8 Å². The summed E-state index contributed by atoms with van der Waals surface area (Å²) in [7, 11) is 0. The molecule has 24 heavy (non-hydrogen) atoms. The number of allylic oxidation sites excluding steroid dienone is 1. The fourth-order valence-electron chi connectivity index (χ4n) is 7.32. The Morgan fingerprint density at radius 2 is 1.79 bits per heavy atom. The van der Waals surface area contributed by atoms with Crippen LogP contribution in [0.2, 0.25) is 0 Å². The minimum absolute atomic E-state index is 0.0726. The third kappa shape index (κ3) is 1.95. The van der Waals surface area contributed by atoms with E-state index in [1.807, 2.05) is 0 Å². The second kappa shape index (κ2) is 5.08. The maximum atomic E-state index is 10.6. The summed E-state index contributed by atoms with van der Waals surface area (Å²) in [6, 6.07) is 0. The molecule has 3 heteroatoms. The van der Waals surface area contributed by atoms with Crippen molar-refractivity contribution in [1.82, 2.24) is 0 Å². The summed E-state index contributed by atoms with van der Waals surface area (Å²) in [4.78, 5) is 0. The first-order valence-corrected chi connectivity index (χ1v) is 10.1. The quantitative estimate of drug-likeness (QED) is 0.680. The lowest BCUT2D eigenvalue weighted by Crippen LogP contribution is -2.52. The zero-order valence-corrected chi connectivity index (χ0v) is 15.2. The first-order valence-electron chi connectivity index (χ1n) is 10.1. The Balaban J connectivity index is 1.46. The van der Waals surface area contributed by atoms with E-state index >= 15 is 0 Å². The second-order valence-electron chi connectivity index (χ2n) is 9.68. The molecule has 3 saturated carbocycles. The Bertz CT molecular complexity index is 563. The highest BCUT2D eigenvalue weighted by atomic mass is 16.7. The Morgan fingerprint density at radius 1 is 1.00 bits per heavy atom. The van der Waals surface area contributed by atoms with E-state index in [1.54, 1.807) is 5.57 Å². The number of aliphatic hydroxyl groups excluding tert-OH is 1. The average molecular weight is 332 g/mol. The number of ether oxygens (including phenoxy) is 2. The molecule has 0 bridgehead atoms. The van der Waals surface area contributed by atoms with E-state index in [-0.39, 0.29) is 17.3 Å². The molecule has 5 aliphatic rings. The average Bonchev–Trinajstić information content (AvgIpc) is 3.14. The number of rotatable bonds is 0. The van der Waals surface area contributed by atoms with E-state index in [2.05, 4.69) is 19.9 Å². The Hall–Kier alpha value is -0.380. The van der Waals surface area contributed by atoms with Gasteiger partial charge in [0.15, 0.2) is 5.79 Å². The first-order chi connectivity index (χ1) is 11.5. The topological polar surface area (TPSA) is 38.7 Å². The monoisotopic (exact) mass is 332 g/mol. The third-order valence-corrected chi connectivity index (χ3v) is 8.87. The van der Waals surface area contributed by atoms with Crippen LogP contribution >= 0.6 is 0 Å². The van der Waals surface area contributed by atoms with E-state index in [4.69, 9.17) is 9.47 Å². The molecular weight excluding hydrogens is 300 g/mol. The maximum absolute atomic E-state index is 10.6. The molecule has 3 nitrogen and oxygen atoms in total. The van der Waals surface area contributed by atoms with Gasteiger partial charge in [-0.3, -0.25) is 0 Å². The van der Waals surface area contributed by atoms with Crippen molar-refractivity contribution < 1.29 is 14.6 Å². The largest absolute Gasteiger partial charge is 0.393 e. The van der Waals surface area contributed by atoms with Gasteiger partial charge in [-0.15, -0.1) is 0 Å². The van der Waals surface area contributed by atoms with Crippen molar-refractivity contribution in [3.05, 3.63) is 11.6 Å². The van der Waals surface area contributed by atoms with Crippen molar-refractivity contribution in [3.8, 4) is 0 Å². The molecule has 5 rings (SSSR count). The van der Waals surface area contributed by atoms with Crippen LogP contribution in [0.1, 0.15) is 65.2 Å². The Labute approximate surface area is 145 Å². The lowest BCUT2D eigenvalue weighted by Gasteiger charge is -2.58. The van der Waals surface area contributed by atoms with Gasteiger partial charge in [-0.2, -0.15) is 0 Å². The van der Waals surface area contributed by atoms with Crippen LogP contribution in [0, 0.1) is 28.6 Å². The van der Waals surface area contributed by atoms with Crippen LogP contribution in [0.3, 0.4) is 0 Å². The highest BCUT2D eigenvalue weighted by molar-refractivity contribution is 5.26. The lowest BCUT2D eigenvalue weighted by molar-refractivity contribution is -0.185. The molecular formula is C21H32O3. The molecule has 4 aliphatic carbocycles. The highest BCUT2D eigenvalue weighted by Gasteiger charge is 2.60. The molecule has 1 N–H and O–H groups in total. The minimum atomic E-state index is -0.301. The van der Waals surface area contributed by atoms with Gasteiger partial charge in [0.05, 0.1) is 19.3 Å². The molecule has 1 saturated heterocycles. The molecule has 4 fully saturated rings. The van der Waals surface area contributed by atoms with Gasteiger partial charge in [0.25, 0.3) is 0 Å². The van der Waals surface area contributed by atoms with E-state index in [9.17, 15) is 5.11 Å². The maximum Gasteiger partial charge on any atom is 0.172 e. The number of hydrogen-bond donors (Lipinski definition) is 1. The summed E-state index contributed by atoms with van der Waals surface area (Å²) in [5.41, 5.74) is 2.12. The second-order valence-corrected chi connectivity index (χ2v) is 9.68. The molecule has 0 aromatic heterocycles. The van der Waals surface area contributed by atoms with Crippen molar-refractivity contribution in [3.63, 3.8) is 0 Å². The van der Waals surface area contributed by atoms with Crippen molar-refractivity contribution >= 4 is 0 Å². The highest BCUT2D eigenvalue weighted by Crippen LogP contribution is 2.65. The van der Waals surface area contributed by atoms with Gasteiger partial charge in [-0.25, -0.2) is 0 Å². The fraction of sp³-hybridized carbons (Fsp3) is 0.905. The molecule has 6 atom stereocenters. The van der Waals surface area contributed by atoms with Gasteiger partial charge < -0.3 is 14.6 Å². The van der Waals surface area contributed by atoms with Crippen LogP contribution < -0.4 is 0 Å². The van der Waals surface area contributed by atoms with Gasteiger partial charge in [-0.1, -0.05) is 25.5 Å². The molecule has 1 aliphatic heterocycles. The molecule has 134 valence electrons. The molecule has 4 unspecified atom stereocenters. The predicted molar refractivity (Wildman–Crippen MR) is 92.3 cm³/mol. The smallest absolute Gasteiger partial charge is 0.172 e. The summed E-state index contributed by atoms with van der Waals surface area (Å²) in [6.07, 6.45) is 11.7. The van der Waals surface area contributed by atoms with E-state index < -0.39 is 0 Å². The Kier molecular flexibility index (Phi) is 3.35. The third-order valence-electron chi connectivity index (χ3n) is 8.87. The summed E-state index contributed by atoms with van der Waals surface area (Å²) in [5, 5.41) is 10.6. The lowest BCUT2D eigenvalue weighted by atomic mass is 9.47. The summed E-state index contributed by atoms with van der Waals surface area (Å²) < 4.78 is 12.0. The van der Waals surface area contributed by atoms with Crippen LogP contribution in [0.5, 0.6) is 0 Å². The summed E-state index contributed by atoms with van der Waals surface area (Å²) >= 11 is 0. The zero-order valence-electron chi connectivity index (χ0n) is 15.2. The van der Waals surface area contributed by atoms with Crippen LogP contribution in [0.15, 0.2) is 11.6 Å². The molecule has 1 spiro atoms. The standard InChI is InChI=1S/C21H32O3/c1-19-9-10-21(23-11-12-24-21)13-14(19)3-4-15-16-5-6-18(22)20(16,2)8-7-17(15)19/h3,15-18,22H,4-13H2,1-2H3/t15?,16?,17?,18?,19-,20-/m1/s1. The van der Waals surface area contributed by atoms with Crippen molar-refractivity contribution in [2.45, 2.75) is 77.1 Å². The zero-order chi connectivity index (χ0) is 16.6. The van der Waals surface area contributed by atoms with Gasteiger partial charge in [0.2, 0.25) is 0 Å². The molecule has 0 radical (unpaired) electrons. The fourth-order valence-corrected chi connectivity index (χ4v) is 7.32. The number of aliphatic hydroxyl groups is 1. The number of hydrogen-bond acceptors (Lipinski definition) is 3. The van der Waals surface area contributed by atoms with E-state index in [0.717, 1.165) is 50.2 Å². The van der Waals surface area contributed by atoms with Crippen molar-refractivity contribution in [2.24, 2.45) is 28.6 Å². The normalized spacial score (nSPS) is 52.5. The molecule has 1 heterocycles. The number of fused-ring (bicyclic) bond motifs is 5. The summed E-state index contributed by atoms with van der Waals surface area (Å²) in [5.74, 6) is 1.98. The van der Waals surface area contributed by atoms with E-state index in [1.165, 1.54) is 32.1 Å². The van der Waals surface area contributed by atoms with Gasteiger partial charge in [-0.05, 0) is 67.1 Å². The minimum Gasteiger partial charge on any atom is -0.393 e.